The molecular formula is C52H41N3. The number of aromatic nitrogens is 2. The molecule has 10 rings (SSSR count). The van der Waals surface area contributed by atoms with Gasteiger partial charge in [-0.2, -0.15) is 0 Å². The number of allylic oxidation sites excluding steroid dienone is 4. The van der Waals surface area contributed by atoms with Gasteiger partial charge in [-0.05, 0) is 130 Å². The van der Waals surface area contributed by atoms with Crippen LogP contribution in [-0.4, -0.2) is 9.55 Å². The maximum atomic E-state index is 5.13. The van der Waals surface area contributed by atoms with Gasteiger partial charge in [0.05, 0.1) is 11.0 Å². The van der Waals surface area contributed by atoms with E-state index < -0.39 is 0 Å². The van der Waals surface area contributed by atoms with Gasteiger partial charge >= 0.3 is 0 Å². The van der Waals surface area contributed by atoms with Crippen molar-refractivity contribution < 1.29 is 0 Å². The first kappa shape index (κ1) is 32.9. The van der Waals surface area contributed by atoms with Crippen molar-refractivity contribution in [1.82, 2.24) is 9.55 Å². The number of benzene rings is 7. The fraction of sp³-hybridized carbons (Fsp3) is 0.0962. The van der Waals surface area contributed by atoms with Gasteiger partial charge in [-0.1, -0.05) is 129 Å². The Bertz CT molecular complexity index is 2750. The molecule has 3 nitrogen and oxygen atoms in total. The molecule has 0 aliphatic heterocycles. The van der Waals surface area contributed by atoms with E-state index >= 15 is 0 Å². The first-order valence-corrected chi connectivity index (χ1v) is 19.3. The van der Waals surface area contributed by atoms with Crippen LogP contribution in [0.1, 0.15) is 43.4 Å². The Balaban J connectivity index is 1.03. The van der Waals surface area contributed by atoms with Gasteiger partial charge in [0.1, 0.15) is 5.82 Å². The molecule has 1 aromatic heterocycles. The van der Waals surface area contributed by atoms with Crippen LogP contribution in [0.5, 0.6) is 0 Å². The smallest absolute Gasteiger partial charge is 0.145 e. The predicted octanol–water partition coefficient (Wildman–Crippen LogP) is 13.6. The van der Waals surface area contributed by atoms with E-state index in [-0.39, 0.29) is 5.41 Å². The lowest BCUT2D eigenvalue weighted by Gasteiger charge is -2.30. The van der Waals surface area contributed by atoms with Crippen LogP contribution in [0, 0.1) is 0 Å². The Labute approximate surface area is 323 Å². The summed E-state index contributed by atoms with van der Waals surface area (Å²) < 4.78 is 2.26. The number of imidazole rings is 1. The third kappa shape index (κ3) is 5.71. The topological polar surface area (TPSA) is 21.1 Å². The number of nitrogens with zero attached hydrogens (tertiary/aromatic N) is 3. The molecule has 0 amide bonds. The normalized spacial score (nSPS) is 14.2. The summed E-state index contributed by atoms with van der Waals surface area (Å²) in [5.74, 6) is 0.933. The molecular weight excluding hydrogens is 667 g/mol. The van der Waals surface area contributed by atoms with Crippen LogP contribution in [0.25, 0.3) is 55.9 Å². The number of fused-ring (bicyclic) bond motifs is 4. The van der Waals surface area contributed by atoms with Crippen LogP contribution in [0.3, 0.4) is 0 Å². The second-order valence-electron chi connectivity index (χ2n) is 15.2. The van der Waals surface area contributed by atoms with Crippen LogP contribution in [-0.2, 0) is 5.41 Å². The van der Waals surface area contributed by atoms with Crippen molar-refractivity contribution in [3.8, 4) is 39.3 Å². The predicted molar refractivity (Wildman–Crippen MR) is 230 cm³/mol. The molecule has 0 bridgehead atoms. The van der Waals surface area contributed by atoms with Crippen molar-refractivity contribution in [1.29, 1.82) is 0 Å². The highest BCUT2D eigenvalue weighted by molar-refractivity contribution is 5.86. The van der Waals surface area contributed by atoms with E-state index in [1.165, 1.54) is 50.2 Å². The highest BCUT2D eigenvalue weighted by Crippen LogP contribution is 2.49. The largest absolute Gasteiger partial charge is 0.314 e. The summed E-state index contributed by atoms with van der Waals surface area (Å²) in [7, 11) is 0. The second kappa shape index (κ2) is 13.3. The highest BCUT2D eigenvalue weighted by Gasteiger charge is 2.35. The molecule has 0 spiro atoms. The summed E-state index contributed by atoms with van der Waals surface area (Å²) in [5.41, 5.74) is 18.4. The van der Waals surface area contributed by atoms with Gasteiger partial charge in [0.2, 0.25) is 0 Å². The zero-order chi connectivity index (χ0) is 36.9. The third-order valence-corrected chi connectivity index (χ3v) is 11.6. The molecule has 2 aliphatic carbocycles. The molecule has 0 N–H and O–H groups in total. The lowest BCUT2D eigenvalue weighted by Crippen LogP contribution is -2.18. The van der Waals surface area contributed by atoms with Gasteiger partial charge in [0, 0.05) is 33.7 Å². The lowest BCUT2D eigenvalue weighted by molar-refractivity contribution is 0.660. The fourth-order valence-electron chi connectivity index (χ4n) is 8.69. The number of para-hydroxylation sites is 3. The van der Waals surface area contributed by atoms with Gasteiger partial charge < -0.3 is 4.90 Å². The quantitative estimate of drug-likeness (QED) is 0.164. The van der Waals surface area contributed by atoms with Gasteiger partial charge in [0.25, 0.3) is 0 Å². The van der Waals surface area contributed by atoms with Crippen molar-refractivity contribution in [2.75, 3.05) is 4.90 Å². The average molecular weight is 708 g/mol. The summed E-state index contributed by atoms with van der Waals surface area (Å²) in [6, 6.07) is 63.5. The summed E-state index contributed by atoms with van der Waals surface area (Å²) in [6.07, 6.45) is 6.53. The van der Waals surface area contributed by atoms with Crippen molar-refractivity contribution in [3.63, 3.8) is 0 Å². The van der Waals surface area contributed by atoms with Crippen LogP contribution in [0.2, 0.25) is 0 Å². The molecule has 55 heavy (non-hydrogen) atoms. The van der Waals surface area contributed by atoms with Crippen LogP contribution >= 0.6 is 0 Å². The van der Waals surface area contributed by atoms with Gasteiger partial charge in [-0.15, -0.1) is 0 Å². The lowest BCUT2D eigenvalue weighted by atomic mass is 9.81. The average Bonchev–Trinajstić information content (AvgIpc) is 3.75. The monoisotopic (exact) mass is 707 g/mol. The zero-order valence-corrected chi connectivity index (χ0v) is 31.2. The molecule has 2 aliphatic rings. The molecule has 0 unspecified atom stereocenters. The minimum Gasteiger partial charge on any atom is -0.314 e. The Morgan fingerprint density at radius 2 is 1.13 bits per heavy atom. The Hall–Kier alpha value is -6.71. The van der Waals surface area contributed by atoms with E-state index in [1.54, 1.807) is 0 Å². The summed E-state index contributed by atoms with van der Waals surface area (Å²) >= 11 is 0. The maximum absolute atomic E-state index is 5.13. The zero-order valence-electron chi connectivity index (χ0n) is 31.2. The Kier molecular flexibility index (Phi) is 7.96. The number of rotatable bonds is 7. The van der Waals surface area contributed by atoms with E-state index in [9.17, 15) is 0 Å². The maximum Gasteiger partial charge on any atom is 0.145 e. The van der Waals surface area contributed by atoms with Crippen LogP contribution in [0.4, 0.5) is 11.4 Å². The second-order valence-corrected chi connectivity index (χ2v) is 15.2. The minimum atomic E-state index is -0.0323. The summed E-state index contributed by atoms with van der Waals surface area (Å²) in [5, 5.41) is 0. The molecule has 0 fully saturated rings. The van der Waals surface area contributed by atoms with Gasteiger partial charge in [0.15, 0.2) is 0 Å². The molecule has 0 atom stereocenters. The van der Waals surface area contributed by atoms with E-state index in [1.807, 2.05) is 0 Å². The summed E-state index contributed by atoms with van der Waals surface area (Å²) in [6.45, 7) is 4.70. The highest BCUT2D eigenvalue weighted by atomic mass is 15.1. The fourth-order valence-corrected chi connectivity index (χ4v) is 8.69. The molecule has 1 heterocycles. The van der Waals surface area contributed by atoms with E-state index in [2.05, 4.69) is 211 Å². The van der Waals surface area contributed by atoms with E-state index in [4.69, 9.17) is 4.98 Å². The van der Waals surface area contributed by atoms with Gasteiger partial charge in [-0.3, -0.25) is 4.57 Å². The molecule has 3 heteroatoms. The molecule has 0 radical (unpaired) electrons. The SMILES string of the molecule is CC1(C)c2ccccc2-c2ccc(-c3ccc(N(C4=CC=C(c5ccccc5)CC4)c4ccc(-c5nc6ccccc6n5-c5ccccc5)cc4)cc3)cc21. The Morgan fingerprint density at radius 1 is 0.509 bits per heavy atom. The van der Waals surface area contributed by atoms with Crippen molar-refractivity contribution in [2.24, 2.45) is 0 Å². The minimum absolute atomic E-state index is 0.0323. The molecule has 264 valence electrons. The van der Waals surface area contributed by atoms with Crippen molar-refractivity contribution >= 4 is 28.0 Å². The molecule has 0 saturated heterocycles. The first-order valence-electron chi connectivity index (χ1n) is 19.3. The van der Waals surface area contributed by atoms with E-state index in [0.717, 1.165) is 52.3 Å². The Morgan fingerprint density at radius 3 is 1.85 bits per heavy atom. The van der Waals surface area contributed by atoms with Gasteiger partial charge in [-0.25, -0.2) is 4.98 Å². The number of hydrogen-bond donors (Lipinski definition) is 0. The summed E-state index contributed by atoms with van der Waals surface area (Å²) in [4.78, 5) is 7.56. The molecule has 0 saturated carbocycles. The van der Waals surface area contributed by atoms with Crippen LogP contribution in [0.15, 0.2) is 194 Å². The standard InChI is InChI=1S/C52H41N3/c1-52(2)47-18-10-9-17-45(47)46-34-27-40(35-48(46)52)38-23-30-43(31-24-38)54(42-28-21-37(22-29-42)36-13-5-3-6-14-36)44-32-25-39(26-33-44)51-53-49-19-11-12-20-50(49)55(51)41-15-7-4-8-16-41/h3-21,23-28,30-35H,22,29H2,1-2H3. The van der Waals surface area contributed by atoms with E-state index in [0.29, 0.717) is 0 Å². The first-order chi connectivity index (χ1) is 27.0. The number of hydrogen-bond acceptors (Lipinski definition) is 2. The third-order valence-electron chi connectivity index (χ3n) is 11.6. The van der Waals surface area contributed by atoms with Crippen molar-refractivity contribution in [2.45, 2.75) is 32.1 Å². The number of anilines is 2. The molecule has 7 aromatic carbocycles. The molecule has 8 aromatic rings. The van der Waals surface area contributed by atoms with Crippen LogP contribution < -0.4 is 4.90 Å². The van der Waals surface area contributed by atoms with Crippen molar-refractivity contribution in [3.05, 3.63) is 210 Å².